The molecule has 4 unspecified atom stereocenters. The number of nitrogens with zero attached hydrogens (tertiary/aromatic N) is 3. The van der Waals surface area contributed by atoms with Gasteiger partial charge in [-0.1, -0.05) is 5.11 Å². The molecule has 0 aromatic rings. The Kier molecular flexibility index (Phi) is 2.88. The second-order valence-corrected chi connectivity index (χ2v) is 2.81. The zero-order valence-electron chi connectivity index (χ0n) is 6.66. The third kappa shape index (κ3) is 1.86. The highest BCUT2D eigenvalue weighted by Crippen LogP contribution is 2.21. The van der Waals surface area contributed by atoms with Gasteiger partial charge in [-0.05, 0) is 18.9 Å². The molecule has 6 heteroatoms. The molecular formula is C6H11N3O3. The van der Waals surface area contributed by atoms with Gasteiger partial charge in [0.05, 0.1) is 12.1 Å². The van der Waals surface area contributed by atoms with Crippen LogP contribution in [0, 0.1) is 0 Å². The predicted molar refractivity (Wildman–Crippen MR) is 40.1 cm³/mol. The highest BCUT2D eigenvalue weighted by Gasteiger charge is 2.32. The molecular weight excluding hydrogens is 162 g/mol. The van der Waals surface area contributed by atoms with Gasteiger partial charge in [0.1, 0.15) is 6.10 Å². The van der Waals surface area contributed by atoms with Gasteiger partial charge in [0, 0.05) is 4.91 Å². The molecule has 1 heterocycles. The van der Waals surface area contributed by atoms with Crippen molar-refractivity contribution in [2.45, 2.75) is 37.9 Å². The zero-order chi connectivity index (χ0) is 9.14. The Labute approximate surface area is 69.4 Å². The number of aliphatic hydroxyl groups excluding tert-OH is 2. The predicted octanol–water partition coefficient (Wildman–Crippen LogP) is 0.153. The van der Waals surface area contributed by atoms with Gasteiger partial charge >= 0.3 is 0 Å². The molecule has 0 saturated carbocycles. The molecule has 1 fully saturated rings. The number of ether oxygens (including phenoxy) is 1. The van der Waals surface area contributed by atoms with Crippen molar-refractivity contribution in [2.75, 3.05) is 0 Å². The van der Waals surface area contributed by atoms with Gasteiger partial charge in [0.25, 0.3) is 0 Å². The summed E-state index contributed by atoms with van der Waals surface area (Å²) in [5.41, 5.74) is 8.15. The van der Waals surface area contributed by atoms with Crippen molar-refractivity contribution in [3.8, 4) is 0 Å². The molecule has 1 aliphatic heterocycles. The fraction of sp³-hybridized carbons (Fsp3) is 1.00. The van der Waals surface area contributed by atoms with E-state index in [9.17, 15) is 0 Å². The Hall–Kier alpha value is -0.810. The third-order valence-electron chi connectivity index (χ3n) is 1.91. The molecule has 1 aliphatic rings. The van der Waals surface area contributed by atoms with E-state index in [2.05, 4.69) is 10.0 Å². The molecule has 0 amide bonds. The molecule has 0 aromatic heterocycles. The Bertz CT molecular complexity index is 204. The molecule has 4 atom stereocenters. The van der Waals surface area contributed by atoms with Crippen molar-refractivity contribution in [3.63, 3.8) is 0 Å². The maximum atomic E-state index is 9.13. The van der Waals surface area contributed by atoms with Crippen LogP contribution in [-0.4, -0.2) is 34.8 Å². The fourth-order valence-corrected chi connectivity index (χ4v) is 1.16. The summed E-state index contributed by atoms with van der Waals surface area (Å²) >= 11 is 0. The zero-order valence-corrected chi connectivity index (χ0v) is 6.66. The van der Waals surface area contributed by atoms with Gasteiger partial charge in [0.15, 0.2) is 6.29 Å². The molecule has 6 nitrogen and oxygen atoms in total. The lowest BCUT2D eigenvalue weighted by Crippen LogP contribution is -2.44. The molecule has 0 radical (unpaired) electrons. The van der Waals surface area contributed by atoms with Gasteiger partial charge in [-0.2, -0.15) is 0 Å². The highest BCUT2D eigenvalue weighted by atomic mass is 16.6. The Morgan fingerprint density at radius 3 is 2.83 bits per heavy atom. The Balaban J connectivity index is 2.61. The molecule has 2 N–H and O–H groups in total. The van der Waals surface area contributed by atoms with E-state index in [1.807, 2.05) is 0 Å². The van der Waals surface area contributed by atoms with Crippen molar-refractivity contribution in [3.05, 3.63) is 10.4 Å². The van der Waals surface area contributed by atoms with Crippen LogP contribution in [0.15, 0.2) is 5.11 Å². The molecule has 0 bridgehead atoms. The summed E-state index contributed by atoms with van der Waals surface area (Å²) in [6.07, 6.45) is -2.23. The van der Waals surface area contributed by atoms with Crippen molar-refractivity contribution >= 4 is 0 Å². The minimum atomic E-state index is -1.16. The van der Waals surface area contributed by atoms with Crippen LogP contribution < -0.4 is 0 Å². The summed E-state index contributed by atoms with van der Waals surface area (Å²) in [5.74, 6) is 0. The maximum absolute atomic E-state index is 9.13. The standard InChI is InChI=1S/C6H11N3O3/c1-3-4(8-9-7)2-5(10)6(11)12-3/h3-6,10-11H,2H2,1H3. The molecule has 0 spiro atoms. The first-order valence-corrected chi connectivity index (χ1v) is 3.71. The summed E-state index contributed by atoms with van der Waals surface area (Å²) in [5, 5.41) is 21.6. The highest BCUT2D eigenvalue weighted by molar-refractivity contribution is 4.83. The van der Waals surface area contributed by atoms with Crippen LogP contribution in [0.3, 0.4) is 0 Å². The number of rotatable bonds is 1. The Morgan fingerprint density at radius 1 is 1.58 bits per heavy atom. The van der Waals surface area contributed by atoms with Gasteiger partial charge in [0.2, 0.25) is 0 Å². The van der Waals surface area contributed by atoms with E-state index in [1.165, 1.54) is 0 Å². The summed E-state index contributed by atoms with van der Waals surface area (Å²) in [4.78, 5) is 2.62. The van der Waals surface area contributed by atoms with Gasteiger partial charge in [-0.15, -0.1) is 0 Å². The topological polar surface area (TPSA) is 98.5 Å². The summed E-state index contributed by atoms with van der Waals surface area (Å²) in [6.45, 7) is 1.69. The first-order valence-electron chi connectivity index (χ1n) is 3.71. The number of hydrogen-bond acceptors (Lipinski definition) is 4. The molecule has 0 aliphatic carbocycles. The first kappa shape index (κ1) is 9.28. The average Bonchev–Trinajstić information content (AvgIpc) is 2.01. The molecule has 1 saturated heterocycles. The van der Waals surface area contributed by atoms with Crippen LogP contribution in [0.25, 0.3) is 10.4 Å². The van der Waals surface area contributed by atoms with E-state index >= 15 is 0 Å². The largest absolute Gasteiger partial charge is 0.388 e. The number of aliphatic hydroxyl groups is 2. The van der Waals surface area contributed by atoms with Crippen LogP contribution >= 0.6 is 0 Å². The number of azide groups is 1. The SMILES string of the molecule is CC1OC(O)C(O)CC1N=[N+]=[N-]. The van der Waals surface area contributed by atoms with Crippen LogP contribution in [0.2, 0.25) is 0 Å². The van der Waals surface area contributed by atoms with Crippen molar-refractivity contribution in [1.82, 2.24) is 0 Å². The van der Waals surface area contributed by atoms with Gasteiger partial charge in [-0.25, -0.2) is 0 Å². The lowest BCUT2D eigenvalue weighted by molar-refractivity contribution is -0.216. The average molecular weight is 173 g/mol. The van der Waals surface area contributed by atoms with E-state index < -0.39 is 18.4 Å². The van der Waals surface area contributed by atoms with E-state index in [0.717, 1.165) is 0 Å². The van der Waals surface area contributed by atoms with E-state index in [-0.39, 0.29) is 12.5 Å². The normalized spacial score (nSPS) is 41.9. The Morgan fingerprint density at radius 2 is 2.25 bits per heavy atom. The maximum Gasteiger partial charge on any atom is 0.181 e. The lowest BCUT2D eigenvalue weighted by Gasteiger charge is -2.32. The van der Waals surface area contributed by atoms with E-state index in [4.69, 9.17) is 20.5 Å². The van der Waals surface area contributed by atoms with Crippen LogP contribution in [0.4, 0.5) is 0 Å². The summed E-state index contributed by atoms with van der Waals surface area (Å²) in [6, 6.07) is -0.395. The fourth-order valence-electron chi connectivity index (χ4n) is 1.16. The summed E-state index contributed by atoms with van der Waals surface area (Å²) in [7, 11) is 0. The van der Waals surface area contributed by atoms with Crippen LogP contribution in [0.1, 0.15) is 13.3 Å². The monoisotopic (exact) mass is 173 g/mol. The molecule has 68 valence electrons. The van der Waals surface area contributed by atoms with E-state index in [1.54, 1.807) is 6.92 Å². The minimum Gasteiger partial charge on any atom is -0.388 e. The van der Waals surface area contributed by atoms with Crippen LogP contribution in [-0.2, 0) is 4.74 Å². The van der Waals surface area contributed by atoms with Gasteiger partial charge in [-0.3, -0.25) is 0 Å². The van der Waals surface area contributed by atoms with Crippen molar-refractivity contribution < 1.29 is 14.9 Å². The van der Waals surface area contributed by atoms with E-state index in [0.29, 0.717) is 0 Å². The molecule has 1 rings (SSSR count). The molecule has 12 heavy (non-hydrogen) atoms. The van der Waals surface area contributed by atoms with Crippen molar-refractivity contribution in [1.29, 1.82) is 0 Å². The van der Waals surface area contributed by atoms with Crippen molar-refractivity contribution in [2.24, 2.45) is 5.11 Å². The number of hydrogen-bond donors (Lipinski definition) is 2. The van der Waals surface area contributed by atoms with Gasteiger partial charge < -0.3 is 14.9 Å². The second kappa shape index (κ2) is 3.73. The quantitative estimate of drug-likeness (QED) is 0.335. The minimum absolute atomic E-state index is 0.242. The second-order valence-electron chi connectivity index (χ2n) is 2.81. The van der Waals surface area contributed by atoms with Crippen LogP contribution in [0.5, 0.6) is 0 Å². The third-order valence-corrected chi connectivity index (χ3v) is 1.91. The summed E-state index contributed by atoms with van der Waals surface area (Å²) < 4.78 is 4.90. The molecule has 0 aromatic carbocycles. The first-order chi connectivity index (χ1) is 5.65. The smallest absolute Gasteiger partial charge is 0.181 e. The lowest BCUT2D eigenvalue weighted by atomic mass is 10.0.